The van der Waals surface area contributed by atoms with Crippen LogP contribution >= 0.6 is 11.6 Å². The van der Waals surface area contributed by atoms with Crippen LogP contribution < -0.4 is 4.72 Å². The first kappa shape index (κ1) is 19.2. The first-order valence-electron chi connectivity index (χ1n) is 8.02. The van der Waals surface area contributed by atoms with Crippen molar-refractivity contribution in [3.63, 3.8) is 0 Å². The van der Waals surface area contributed by atoms with Crippen LogP contribution in [0.1, 0.15) is 17.5 Å². The summed E-state index contributed by atoms with van der Waals surface area (Å²) in [5.41, 5.74) is 2.51. The maximum Gasteiger partial charge on any atom is 0.374 e. The molecule has 0 aliphatic rings. The number of benzene rings is 2. The van der Waals surface area contributed by atoms with Crippen LogP contribution in [-0.4, -0.2) is 21.3 Å². The molecular formula is C19H16ClNO5S. The Balaban J connectivity index is 2.03. The number of ether oxygens (including phenoxy) is 1. The monoisotopic (exact) mass is 405 g/mol. The molecule has 0 saturated carbocycles. The second-order valence-corrected chi connectivity index (χ2v) is 6.65. The molecule has 3 rings (SSSR count). The van der Waals surface area contributed by atoms with Gasteiger partial charge in [0.1, 0.15) is 5.76 Å². The topological polar surface area (TPSA) is 88.8 Å². The van der Waals surface area contributed by atoms with Gasteiger partial charge in [-0.15, -0.1) is 0 Å². The summed E-state index contributed by atoms with van der Waals surface area (Å²) in [5.74, 6) is 0.0306. The molecule has 0 radical (unpaired) electrons. The lowest BCUT2D eigenvalue weighted by atomic mass is 10.0. The second-order valence-electron chi connectivity index (χ2n) is 5.51. The molecule has 3 aromatic rings. The zero-order chi connectivity index (χ0) is 19.4. The molecule has 1 heterocycles. The first-order valence-corrected chi connectivity index (χ1v) is 9.51. The maximum atomic E-state index is 12.3. The van der Waals surface area contributed by atoms with E-state index in [0.29, 0.717) is 27.6 Å². The average molecular weight is 406 g/mol. The van der Waals surface area contributed by atoms with Gasteiger partial charge in [-0.05, 0) is 55.0 Å². The number of carbonyl (C=O) groups excluding carboxylic acids is 1. The van der Waals surface area contributed by atoms with Crippen molar-refractivity contribution in [3.8, 4) is 22.5 Å². The zero-order valence-electron chi connectivity index (χ0n) is 14.3. The molecule has 2 aromatic carbocycles. The van der Waals surface area contributed by atoms with E-state index in [1.807, 2.05) is 0 Å². The van der Waals surface area contributed by atoms with Crippen LogP contribution in [0, 0.1) is 0 Å². The van der Waals surface area contributed by atoms with Crippen LogP contribution in [0.15, 0.2) is 59.0 Å². The molecule has 2 N–H and O–H groups in total. The highest BCUT2D eigenvalue weighted by molar-refractivity contribution is 7.80. The summed E-state index contributed by atoms with van der Waals surface area (Å²) in [6.45, 7) is 1.94. The second kappa shape index (κ2) is 8.39. The van der Waals surface area contributed by atoms with Crippen molar-refractivity contribution in [1.82, 2.24) is 0 Å². The molecule has 0 aliphatic carbocycles. The average Bonchev–Trinajstić information content (AvgIpc) is 3.08. The van der Waals surface area contributed by atoms with E-state index in [-0.39, 0.29) is 12.4 Å². The highest BCUT2D eigenvalue weighted by atomic mass is 35.5. The maximum absolute atomic E-state index is 12.3. The summed E-state index contributed by atoms with van der Waals surface area (Å²) in [7, 11) is 0. The number of hydrogen-bond acceptors (Lipinski definition) is 4. The summed E-state index contributed by atoms with van der Waals surface area (Å²) < 4.78 is 33.0. The fourth-order valence-electron chi connectivity index (χ4n) is 2.53. The summed E-state index contributed by atoms with van der Waals surface area (Å²) in [4.78, 5) is 12.3. The van der Waals surface area contributed by atoms with Crippen LogP contribution in [0.2, 0.25) is 5.02 Å². The SMILES string of the molecule is CCOC(=O)c1oc(-c2ccc(Cl)cc2)cc1-c1ccc(NS(=O)O)cc1. The molecule has 6 nitrogen and oxygen atoms in total. The Morgan fingerprint density at radius 2 is 1.78 bits per heavy atom. The Labute approximate surface area is 163 Å². The molecule has 1 unspecified atom stereocenters. The van der Waals surface area contributed by atoms with Crippen molar-refractivity contribution in [1.29, 1.82) is 0 Å². The largest absolute Gasteiger partial charge is 0.460 e. The summed E-state index contributed by atoms with van der Waals surface area (Å²) in [5, 5.41) is 0.598. The van der Waals surface area contributed by atoms with Gasteiger partial charge in [0.2, 0.25) is 5.76 Å². The van der Waals surface area contributed by atoms with Crippen LogP contribution in [0.3, 0.4) is 0 Å². The zero-order valence-corrected chi connectivity index (χ0v) is 15.8. The standard InChI is InChI=1S/C19H16ClNO5S/c1-2-25-19(22)18-16(12-5-9-15(10-6-12)21-27(23)24)11-17(26-18)13-3-7-14(20)8-4-13/h3-11,21H,2H2,1H3,(H,23,24). The van der Waals surface area contributed by atoms with E-state index in [1.54, 1.807) is 61.5 Å². The van der Waals surface area contributed by atoms with Gasteiger partial charge < -0.3 is 9.15 Å². The lowest BCUT2D eigenvalue weighted by molar-refractivity contribution is 0.0492. The summed E-state index contributed by atoms with van der Waals surface area (Å²) >= 11 is 3.77. The number of rotatable bonds is 6. The predicted octanol–water partition coefficient (Wildman–Crippen LogP) is 4.99. The number of nitrogens with one attached hydrogen (secondary N) is 1. The van der Waals surface area contributed by atoms with Crippen LogP contribution in [0.25, 0.3) is 22.5 Å². The number of anilines is 1. The van der Waals surface area contributed by atoms with E-state index in [1.165, 1.54) is 0 Å². The third-order valence-corrected chi connectivity index (χ3v) is 4.39. The number of halogens is 1. The number of furan rings is 1. The van der Waals surface area contributed by atoms with Gasteiger partial charge in [0.05, 0.1) is 6.61 Å². The van der Waals surface area contributed by atoms with Gasteiger partial charge in [-0.25, -0.2) is 9.00 Å². The van der Waals surface area contributed by atoms with E-state index in [9.17, 15) is 9.00 Å². The van der Waals surface area contributed by atoms with Gasteiger partial charge in [-0.2, -0.15) is 0 Å². The molecule has 8 heteroatoms. The number of esters is 1. The third kappa shape index (κ3) is 4.57. The Morgan fingerprint density at radius 3 is 2.37 bits per heavy atom. The fourth-order valence-corrected chi connectivity index (χ4v) is 2.99. The minimum absolute atomic E-state index is 0.0910. The normalized spacial score (nSPS) is 11.8. The van der Waals surface area contributed by atoms with Crippen molar-refractivity contribution in [3.05, 3.63) is 65.4 Å². The van der Waals surface area contributed by atoms with E-state index in [2.05, 4.69) is 4.72 Å². The highest BCUT2D eigenvalue weighted by Gasteiger charge is 2.21. The van der Waals surface area contributed by atoms with Crippen molar-refractivity contribution >= 4 is 34.5 Å². The number of hydrogen-bond donors (Lipinski definition) is 2. The Morgan fingerprint density at radius 1 is 1.15 bits per heavy atom. The van der Waals surface area contributed by atoms with Crippen LogP contribution in [0.5, 0.6) is 0 Å². The molecule has 1 aromatic heterocycles. The molecular weight excluding hydrogens is 390 g/mol. The van der Waals surface area contributed by atoms with E-state index < -0.39 is 17.2 Å². The molecule has 140 valence electrons. The van der Waals surface area contributed by atoms with Crippen LogP contribution in [-0.2, 0) is 16.0 Å². The van der Waals surface area contributed by atoms with E-state index in [4.69, 9.17) is 25.3 Å². The van der Waals surface area contributed by atoms with Gasteiger partial charge >= 0.3 is 5.97 Å². The molecule has 0 bridgehead atoms. The smallest absolute Gasteiger partial charge is 0.374 e. The van der Waals surface area contributed by atoms with E-state index >= 15 is 0 Å². The molecule has 0 spiro atoms. The summed E-state index contributed by atoms with van der Waals surface area (Å²) in [6, 6.07) is 15.5. The molecule has 0 fully saturated rings. The highest BCUT2D eigenvalue weighted by Crippen LogP contribution is 2.34. The Bertz CT molecular complexity index is 967. The van der Waals surface area contributed by atoms with Gasteiger partial charge in [-0.3, -0.25) is 9.27 Å². The minimum Gasteiger partial charge on any atom is -0.460 e. The predicted molar refractivity (Wildman–Crippen MR) is 105 cm³/mol. The minimum atomic E-state index is -2.16. The van der Waals surface area contributed by atoms with Gasteiger partial charge in [0.25, 0.3) is 11.3 Å². The molecule has 0 amide bonds. The lowest BCUT2D eigenvalue weighted by Crippen LogP contribution is -2.04. The first-order chi connectivity index (χ1) is 13.0. The Kier molecular flexibility index (Phi) is 5.95. The van der Waals surface area contributed by atoms with Crippen molar-refractivity contribution in [2.24, 2.45) is 0 Å². The van der Waals surface area contributed by atoms with Crippen molar-refractivity contribution in [2.75, 3.05) is 11.3 Å². The summed E-state index contributed by atoms with van der Waals surface area (Å²) in [6.07, 6.45) is 0. The molecule has 1 atom stereocenters. The Hall–Kier alpha value is -2.61. The van der Waals surface area contributed by atoms with Gasteiger partial charge in [0, 0.05) is 21.8 Å². The van der Waals surface area contributed by atoms with Gasteiger partial charge in [-0.1, -0.05) is 23.7 Å². The van der Waals surface area contributed by atoms with Crippen molar-refractivity contribution < 1.29 is 22.7 Å². The van der Waals surface area contributed by atoms with E-state index in [0.717, 1.165) is 5.56 Å². The van der Waals surface area contributed by atoms with Crippen LogP contribution in [0.4, 0.5) is 5.69 Å². The number of carbonyl (C=O) groups is 1. The molecule has 27 heavy (non-hydrogen) atoms. The lowest BCUT2D eigenvalue weighted by Gasteiger charge is -2.05. The van der Waals surface area contributed by atoms with Crippen molar-refractivity contribution in [2.45, 2.75) is 6.92 Å². The third-order valence-electron chi connectivity index (χ3n) is 3.72. The quantitative estimate of drug-likeness (QED) is 0.445. The molecule has 0 saturated heterocycles. The molecule has 0 aliphatic heterocycles. The van der Waals surface area contributed by atoms with Gasteiger partial charge in [0.15, 0.2) is 0 Å². The fraction of sp³-hybridized carbons (Fsp3) is 0.105.